The van der Waals surface area contributed by atoms with Crippen LogP contribution in [0.25, 0.3) is 0 Å². The van der Waals surface area contributed by atoms with E-state index in [0.717, 1.165) is 4.90 Å². The van der Waals surface area contributed by atoms with Gasteiger partial charge in [0.15, 0.2) is 11.5 Å². The number of carbonyl (C=O) groups excluding carboxylic acids is 2. The van der Waals surface area contributed by atoms with E-state index in [0.29, 0.717) is 40.4 Å². The molecule has 28 heavy (non-hydrogen) atoms. The predicted molar refractivity (Wildman–Crippen MR) is 101 cm³/mol. The van der Waals surface area contributed by atoms with Crippen LogP contribution in [0.4, 0.5) is 0 Å². The fraction of sp³-hybridized carbons (Fsp3) is 0.286. The zero-order chi connectivity index (χ0) is 20.4. The molecule has 0 saturated carbocycles. The number of benzene rings is 2. The molecule has 0 saturated heterocycles. The van der Waals surface area contributed by atoms with Gasteiger partial charge in [-0.25, -0.2) is 0 Å². The third-order valence-corrected chi connectivity index (χ3v) is 4.71. The van der Waals surface area contributed by atoms with E-state index in [9.17, 15) is 19.5 Å². The number of carboxylic acid groups (broad SMARTS) is 1. The van der Waals surface area contributed by atoms with Gasteiger partial charge in [0.1, 0.15) is 0 Å². The molecule has 0 aromatic heterocycles. The first-order chi connectivity index (χ1) is 13.4. The molecule has 1 unspecified atom stereocenters. The lowest BCUT2D eigenvalue weighted by atomic mass is 10.0. The highest BCUT2D eigenvalue weighted by Crippen LogP contribution is 2.38. The fourth-order valence-corrected chi connectivity index (χ4v) is 3.45. The van der Waals surface area contributed by atoms with Gasteiger partial charge in [-0.05, 0) is 43.2 Å². The van der Waals surface area contributed by atoms with Gasteiger partial charge in [-0.1, -0.05) is 18.2 Å². The smallest absolute Gasteiger partial charge is 0.305 e. The van der Waals surface area contributed by atoms with Crippen molar-refractivity contribution in [2.45, 2.75) is 26.3 Å². The average Bonchev–Trinajstić information content (AvgIpc) is 2.91. The highest BCUT2D eigenvalue weighted by Gasteiger charge is 2.42. The third kappa shape index (κ3) is 3.31. The monoisotopic (exact) mass is 383 g/mol. The van der Waals surface area contributed by atoms with Gasteiger partial charge in [-0.15, -0.1) is 0 Å². The van der Waals surface area contributed by atoms with E-state index < -0.39 is 30.2 Å². The summed E-state index contributed by atoms with van der Waals surface area (Å²) in [5, 5.41) is 9.42. The Morgan fingerprint density at radius 2 is 1.89 bits per heavy atom. The molecule has 1 heterocycles. The normalized spacial score (nSPS) is 14.0. The van der Waals surface area contributed by atoms with Gasteiger partial charge < -0.3 is 14.6 Å². The molecule has 1 aliphatic rings. The predicted octanol–water partition coefficient (Wildman–Crippen LogP) is 3.21. The summed E-state index contributed by atoms with van der Waals surface area (Å²) in [5.41, 5.74) is 1.77. The van der Waals surface area contributed by atoms with Crippen molar-refractivity contribution in [2.75, 3.05) is 13.7 Å². The zero-order valence-electron chi connectivity index (χ0n) is 15.9. The first-order valence-corrected chi connectivity index (χ1v) is 8.89. The number of aryl methyl sites for hydroxylation is 1. The second-order valence-electron chi connectivity index (χ2n) is 6.43. The molecular weight excluding hydrogens is 362 g/mol. The summed E-state index contributed by atoms with van der Waals surface area (Å²) in [7, 11) is 1.50. The van der Waals surface area contributed by atoms with Crippen LogP contribution in [0.5, 0.6) is 11.5 Å². The second kappa shape index (κ2) is 7.72. The van der Waals surface area contributed by atoms with E-state index in [4.69, 9.17) is 9.47 Å². The van der Waals surface area contributed by atoms with Crippen LogP contribution in [-0.4, -0.2) is 41.5 Å². The molecule has 0 aliphatic carbocycles. The Morgan fingerprint density at radius 3 is 2.50 bits per heavy atom. The molecule has 0 bridgehead atoms. The molecule has 3 rings (SSSR count). The summed E-state index contributed by atoms with van der Waals surface area (Å²) >= 11 is 0. The van der Waals surface area contributed by atoms with Crippen LogP contribution >= 0.6 is 0 Å². The maximum atomic E-state index is 13.0. The number of methoxy groups -OCH3 is 1. The highest BCUT2D eigenvalue weighted by molar-refractivity contribution is 6.22. The van der Waals surface area contributed by atoms with Gasteiger partial charge in [0.25, 0.3) is 11.8 Å². The molecule has 2 amide bonds. The topological polar surface area (TPSA) is 93.1 Å². The number of aliphatic carboxylic acids is 1. The van der Waals surface area contributed by atoms with Gasteiger partial charge in [0.2, 0.25) is 0 Å². The molecule has 2 aromatic carbocycles. The SMILES string of the molecule is CCOc1cc(C(CC(=O)O)N2C(=O)c3cccc(C)c3C2=O)ccc1OC. The molecule has 0 radical (unpaired) electrons. The van der Waals surface area contributed by atoms with Gasteiger partial charge in [-0.3, -0.25) is 19.3 Å². The number of carbonyl (C=O) groups is 3. The average molecular weight is 383 g/mol. The molecule has 1 atom stereocenters. The number of hydrogen-bond acceptors (Lipinski definition) is 5. The van der Waals surface area contributed by atoms with Crippen LogP contribution < -0.4 is 9.47 Å². The molecule has 2 aromatic rings. The number of carboxylic acids is 1. The molecule has 1 aliphatic heterocycles. The number of hydrogen-bond donors (Lipinski definition) is 1. The molecular formula is C21H21NO6. The Bertz CT molecular complexity index is 952. The Labute approximate surface area is 162 Å². The standard InChI is InChI=1S/C21H21NO6/c1-4-28-17-10-13(8-9-16(17)27-3)15(11-18(23)24)22-20(25)14-7-5-6-12(2)19(14)21(22)26/h5-10,15H,4,11H2,1-3H3,(H,23,24). The van der Waals surface area contributed by atoms with Crippen molar-refractivity contribution in [1.29, 1.82) is 0 Å². The van der Waals surface area contributed by atoms with Crippen molar-refractivity contribution >= 4 is 17.8 Å². The van der Waals surface area contributed by atoms with Crippen LogP contribution in [0.2, 0.25) is 0 Å². The van der Waals surface area contributed by atoms with E-state index >= 15 is 0 Å². The molecule has 7 nitrogen and oxygen atoms in total. The summed E-state index contributed by atoms with van der Waals surface area (Å²) in [6.45, 7) is 3.95. The lowest BCUT2D eigenvalue weighted by molar-refractivity contribution is -0.138. The van der Waals surface area contributed by atoms with Gasteiger partial charge in [-0.2, -0.15) is 0 Å². The van der Waals surface area contributed by atoms with Crippen molar-refractivity contribution in [3.63, 3.8) is 0 Å². The minimum absolute atomic E-state index is 0.291. The number of rotatable bonds is 7. The van der Waals surface area contributed by atoms with Crippen LogP contribution in [0.15, 0.2) is 36.4 Å². The first-order valence-electron chi connectivity index (χ1n) is 8.89. The minimum atomic E-state index is -1.12. The quantitative estimate of drug-likeness (QED) is 0.738. The van der Waals surface area contributed by atoms with E-state index in [1.165, 1.54) is 7.11 Å². The molecule has 146 valence electrons. The Kier molecular flexibility index (Phi) is 5.35. The van der Waals surface area contributed by atoms with Gasteiger partial charge >= 0.3 is 5.97 Å². The van der Waals surface area contributed by atoms with Crippen LogP contribution in [0.3, 0.4) is 0 Å². The molecule has 1 N–H and O–H groups in total. The van der Waals surface area contributed by atoms with Crippen molar-refractivity contribution in [3.05, 3.63) is 58.7 Å². The van der Waals surface area contributed by atoms with Crippen LogP contribution in [-0.2, 0) is 4.79 Å². The Morgan fingerprint density at radius 1 is 1.14 bits per heavy atom. The van der Waals surface area contributed by atoms with Gasteiger partial charge in [0, 0.05) is 0 Å². The zero-order valence-corrected chi connectivity index (χ0v) is 15.9. The van der Waals surface area contributed by atoms with E-state index in [1.807, 2.05) is 6.92 Å². The van der Waals surface area contributed by atoms with Crippen molar-refractivity contribution in [1.82, 2.24) is 4.90 Å². The Hall–Kier alpha value is -3.35. The summed E-state index contributed by atoms with van der Waals surface area (Å²) in [4.78, 5) is 38.5. The lowest BCUT2D eigenvalue weighted by Crippen LogP contribution is -2.35. The maximum Gasteiger partial charge on any atom is 0.305 e. The van der Waals surface area contributed by atoms with Crippen molar-refractivity contribution < 1.29 is 29.0 Å². The van der Waals surface area contributed by atoms with E-state index in [1.54, 1.807) is 43.3 Å². The fourth-order valence-electron chi connectivity index (χ4n) is 3.45. The second-order valence-corrected chi connectivity index (χ2v) is 6.43. The number of ether oxygens (including phenoxy) is 2. The van der Waals surface area contributed by atoms with Crippen molar-refractivity contribution in [2.24, 2.45) is 0 Å². The highest BCUT2D eigenvalue weighted by atomic mass is 16.5. The molecule has 0 spiro atoms. The maximum absolute atomic E-state index is 13.0. The molecule has 7 heteroatoms. The largest absolute Gasteiger partial charge is 0.493 e. The summed E-state index contributed by atoms with van der Waals surface area (Å²) in [6, 6.07) is 8.97. The summed E-state index contributed by atoms with van der Waals surface area (Å²) in [5.74, 6) is -1.20. The van der Waals surface area contributed by atoms with Gasteiger partial charge in [0.05, 0.1) is 37.3 Å². The summed E-state index contributed by atoms with van der Waals surface area (Å²) in [6.07, 6.45) is -0.414. The number of imide groups is 1. The number of fused-ring (bicyclic) bond motifs is 1. The molecule has 0 fully saturated rings. The lowest BCUT2D eigenvalue weighted by Gasteiger charge is -2.26. The third-order valence-electron chi connectivity index (χ3n) is 4.71. The van der Waals surface area contributed by atoms with Crippen molar-refractivity contribution in [3.8, 4) is 11.5 Å². The summed E-state index contributed by atoms with van der Waals surface area (Å²) < 4.78 is 10.8. The van der Waals surface area contributed by atoms with E-state index in [-0.39, 0.29) is 0 Å². The minimum Gasteiger partial charge on any atom is -0.493 e. The first kappa shape index (κ1) is 19.4. The number of nitrogens with zero attached hydrogens (tertiary/aromatic N) is 1. The Balaban J connectivity index is 2.09. The van der Waals surface area contributed by atoms with E-state index in [2.05, 4.69) is 0 Å². The van der Waals surface area contributed by atoms with Crippen LogP contribution in [0, 0.1) is 6.92 Å². The van der Waals surface area contributed by atoms with Crippen LogP contribution in [0.1, 0.15) is 51.2 Å². The number of amides is 2.